The summed E-state index contributed by atoms with van der Waals surface area (Å²) in [6.45, 7) is 12.1. The molecule has 0 spiro atoms. The van der Waals surface area contributed by atoms with Crippen LogP contribution in [0.3, 0.4) is 0 Å². The molecule has 4 fully saturated rings. The van der Waals surface area contributed by atoms with Crippen molar-refractivity contribution >= 4 is 46.8 Å². The van der Waals surface area contributed by atoms with E-state index in [0.717, 1.165) is 47.9 Å². The number of carbonyl (C=O) groups excluding carboxylic acids is 5. The fourth-order valence-electron chi connectivity index (χ4n) is 10.1. The molecule has 1 atom stereocenters. The van der Waals surface area contributed by atoms with Gasteiger partial charge < -0.3 is 14.5 Å². The predicted octanol–water partition coefficient (Wildman–Crippen LogP) is 4.02. The van der Waals surface area contributed by atoms with E-state index in [4.69, 9.17) is 16.3 Å². The lowest BCUT2D eigenvalue weighted by Crippen LogP contribution is -2.74. The van der Waals surface area contributed by atoms with E-state index in [0.29, 0.717) is 34.6 Å². The highest BCUT2D eigenvalue weighted by atomic mass is 35.5. The smallest absolute Gasteiger partial charge is 0.273 e. The lowest BCUT2D eigenvalue weighted by atomic mass is 9.49. The van der Waals surface area contributed by atoms with E-state index >= 15 is 0 Å². The van der Waals surface area contributed by atoms with Gasteiger partial charge in [0.15, 0.2) is 0 Å². The summed E-state index contributed by atoms with van der Waals surface area (Å²) in [5.41, 5.74) is 3.16. The maximum absolute atomic E-state index is 13.7. The van der Waals surface area contributed by atoms with E-state index in [1.165, 1.54) is 0 Å². The van der Waals surface area contributed by atoms with Gasteiger partial charge in [-0.25, -0.2) is 4.98 Å². The summed E-state index contributed by atoms with van der Waals surface area (Å²) in [5, 5.41) is 11.8. The van der Waals surface area contributed by atoms with Crippen LogP contribution < -0.4 is 15.0 Å². The zero-order chi connectivity index (χ0) is 40.1. The fourth-order valence-corrected chi connectivity index (χ4v) is 10.4. The summed E-state index contributed by atoms with van der Waals surface area (Å²) in [6, 6.07) is 13.6. The van der Waals surface area contributed by atoms with Gasteiger partial charge in [0.25, 0.3) is 17.7 Å². The third kappa shape index (κ3) is 5.86. The minimum absolute atomic E-state index is 0.0800. The lowest BCUT2D eigenvalue weighted by Gasteiger charge is -2.65. The number of benzene rings is 2. The van der Waals surface area contributed by atoms with Gasteiger partial charge in [-0.15, -0.1) is 0 Å². The van der Waals surface area contributed by atoms with Gasteiger partial charge in [0, 0.05) is 97.1 Å². The SMILES string of the molecule is CC1(C)[C@H](Oc2ccc(C#N)c(Cl)c2)C(C)(C)[C@H]1N1Cc2cc(C#CC3CN(C4CN(c5ccc6c(c5)C(=O)N(C5CCC(=O)NC5=O)C6=O)C4)C3)cnc2C1=O. The highest BCUT2D eigenvalue weighted by Gasteiger charge is 2.67. The van der Waals surface area contributed by atoms with Gasteiger partial charge in [-0.2, -0.15) is 5.26 Å². The highest BCUT2D eigenvalue weighted by Crippen LogP contribution is 2.59. The number of aromatic nitrogens is 1. The van der Waals surface area contributed by atoms with Crippen molar-refractivity contribution in [3.63, 3.8) is 0 Å². The van der Waals surface area contributed by atoms with Gasteiger partial charge in [0.2, 0.25) is 11.8 Å². The van der Waals surface area contributed by atoms with Crippen molar-refractivity contribution in [1.82, 2.24) is 25.0 Å². The van der Waals surface area contributed by atoms with Crippen LogP contribution in [-0.2, 0) is 16.1 Å². The molecule has 13 nitrogen and oxygen atoms in total. The minimum Gasteiger partial charge on any atom is -0.489 e. The third-order valence-corrected chi connectivity index (χ3v) is 13.0. The Bertz CT molecular complexity index is 2400. The van der Waals surface area contributed by atoms with E-state index in [9.17, 15) is 29.2 Å². The third-order valence-electron chi connectivity index (χ3n) is 12.7. The number of nitrogens with one attached hydrogen (secondary N) is 1. The van der Waals surface area contributed by atoms with Crippen molar-refractivity contribution in [3.8, 4) is 23.7 Å². The van der Waals surface area contributed by atoms with Crippen LogP contribution in [0.4, 0.5) is 5.69 Å². The van der Waals surface area contributed by atoms with Gasteiger partial charge in [-0.05, 0) is 42.8 Å². The van der Waals surface area contributed by atoms with Crippen molar-refractivity contribution in [3.05, 3.63) is 87.2 Å². The second-order valence-corrected chi connectivity index (χ2v) is 17.5. The average Bonchev–Trinajstić information content (AvgIpc) is 3.57. The molecular weight excluding hydrogens is 746 g/mol. The Morgan fingerprint density at radius 2 is 1.65 bits per heavy atom. The van der Waals surface area contributed by atoms with Crippen molar-refractivity contribution < 1.29 is 28.7 Å². The molecule has 57 heavy (non-hydrogen) atoms. The quantitative estimate of drug-likeness (QED) is 0.286. The van der Waals surface area contributed by atoms with E-state index < -0.39 is 29.7 Å². The number of rotatable bonds is 6. The standard InChI is InChI=1S/C43H40ClN7O6/c1-42(2)40(43(3,4)41(42)57-29-9-7-25(16-45)32(44)15-29)50-20-26-13-23(17-46-35(26)39(50)56)5-6-24-18-48(19-24)28-21-49(22-28)27-8-10-30-31(14-27)38(55)51(37(30)54)33-11-12-34(52)47-36(33)53/h7-10,13-15,17,24,28,33,40-41H,11-12,18-22H2,1-4H3,(H,47,52,53)/t33?,40-,41-. The molecule has 1 aromatic heterocycles. The Morgan fingerprint density at radius 3 is 2.35 bits per heavy atom. The number of nitrogens with zero attached hydrogens (tertiary/aromatic N) is 6. The molecule has 3 aromatic rings. The van der Waals surface area contributed by atoms with Crippen LogP contribution in [0.5, 0.6) is 5.75 Å². The summed E-state index contributed by atoms with van der Waals surface area (Å²) < 4.78 is 6.45. The molecule has 0 radical (unpaired) electrons. The minimum atomic E-state index is -0.987. The normalized spacial score (nSPS) is 25.1. The molecule has 1 N–H and O–H groups in total. The number of nitriles is 1. The van der Waals surface area contributed by atoms with Gasteiger partial charge in [0.05, 0.1) is 21.7 Å². The number of carbonyl (C=O) groups is 5. The summed E-state index contributed by atoms with van der Waals surface area (Å²) in [4.78, 5) is 76.1. The number of piperidine rings is 1. The van der Waals surface area contributed by atoms with Crippen LogP contribution in [0.2, 0.25) is 5.02 Å². The molecule has 3 saturated heterocycles. The summed E-state index contributed by atoms with van der Waals surface area (Å²) in [7, 11) is 0. The molecule has 9 rings (SSSR count). The largest absolute Gasteiger partial charge is 0.489 e. The van der Waals surface area contributed by atoms with Crippen LogP contribution >= 0.6 is 11.6 Å². The van der Waals surface area contributed by atoms with Crippen LogP contribution in [0.1, 0.15) is 88.4 Å². The molecule has 0 bridgehead atoms. The van der Waals surface area contributed by atoms with Crippen LogP contribution in [-0.4, -0.2) is 99.6 Å². The van der Waals surface area contributed by atoms with Crippen LogP contribution in [0.15, 0.2) is 48.7 Å². The number of ether oxygens (including phenoxy) is 1. The number of fused-ring (bicyclic) bond motifs is 2. The van der Waals surface area contributed by atoms with Gasteiger partial charge in [-0.1, -0.05) is 51.1 Å². The molecule has 5 amide bonds. The number of amides is 5. The lowest BCUT2D eigenvalue weighted by molar-refractivity contribution is -0.199. The molecule has 1 unspecified atom stereocenters. The first-order valence-corrected chi connectivity index (χ1v) is 19.6. The first kappa shape index (κ1) is 36.9. The van der Waals surface area contributed by atoms with Crippen LogP contribution in [0, 0.1) is 39.9 Å². The maximum Gasteiger partial charge on any atom is 0.273 e. The number of imide groups is 2. The monoisotopic (exact) mass is 785 g/mol. The Morgan fingerprint density at radius 1 is 0.912 bits per heavy atom. The van der Waals surface area contributed by atoms with Crippen molar-refractivity contribution in [2.24, 2.45) is 16.7 Å². The first-order chi connectivity index (χ1) is 27.1. The number of hydrogen-bond acceptors (Lipinski definition) is 10. The molecule has 5 aliphatic heterocycles. The molecule has 2 aromatic carbocycles. The molecule has 6 heterocycles. The van der Waals surface area contributed by atoms with E-state index in [1.807, 2.05) is 17.0 Å². The second kappa shape index (κ2) is 13.2. The Labute approximate surface area is 334 Å². The summed E-state index contributed by atoms with van der Waals surface area (Å²) in [6.07, 6.45) is 1.69. The predicted molar refractivity (Wildman–Crippen MR) is 207 cm³/mol. The Kier molecular flexibility index (Phi) is 8.50. The summed E-state index contributed by atoms with van der Waals surface area (Å²) in [5.74, 6) is 5.38. The number of pyridine rings is 1. The van der Waals surface area contributed by atoms with Crippen molar-refractivity contribution in [2.45, 2.75) is 71.3 Å². The van der Waals surface area contributed by atoms with Crippen molar-refractivity contribution in [1.29, 1.82) is 5.26 Å². The topological polar surface area (TPSA) is 156 Å². The zero-order valence-corrected chi connectivity index (χ0v) is 32.7. The number of anilines is 1. The molecule has 1 saturated carbocycles. The molecule has 14 heteroatoms. The number of halogens is 1. The summed E-state index contributed by atoms with van der Waals surface area (Å²) >= 11 is 6.27. The molecule has 1 aliphatic carbocycles. The van der Waals surface area contributed by atoms with Crippen LogP contribution in [0.25, 0.3) is 0 Å². The maximum atomic E-state index is 13.7. The van der Waals surface area contributed by atoms with Crippen molar-refractivity contribution in [2.75, 3.05) is 31.1 Å². The van der Waals surface area contributed by atoms with E-state index in [1.54, 1.807) is 36.5 Å². The highest BCUT2D eigenvalue weighted by molar-refractivity contribution is 6.31. The van der Waals surface area contributed by atoms with E-state index in [2.05, 4.69) is 65.7 Å². The molecular formula is C43H40ClN7O6. The zero-order valence-electron chi connectivity index (χ0n) is 32.0. The van der Waals surface area contributed by atoms with E-state index in [-0.39, 0.29) is 58.8 Å². The van der Waals surface area contributed by atoms with Gasteiger partial charge in [0.1, 0.15) is 29.7 Å². The molecule has 290 valence electrons. The second-order valence-electron chi connectivity index (χ2n) is 17.1. The number of likely N-dealkylation sites (tertiary alicyclic amines) is 1. The first-order valence-electron chi connectivity index (χ1n) is 19.2. The van der Waals surface area contributed by atoms with Gasteiger partial charge >= 0.3 is 0 Å². The average molecular weight is 786 g/mol. The molecule has 6 aliphatic rings. The van der Waals surface area contributed by atoms with Gasteiger partial charge in [-0.3, -0.25) is 39.1 Å². The number of hydrogen-bond donors (Lipinski definition) is 1. The fraction of sp³-hybridized carbons (Fsp3) is 0.419. The Hall–Kier alpha value is -5.76. The Balaban J connectivity index is 0.783.